The molecule has 8 nitrogen and oxygen atoms in total. The second kappa shape index (κ2) is 11.4. The molecule has 4 rings (SSSR count). The zero-order valence-electron chi connectivity index (χ0n) is 18.6. The van der Waals surface area contributed by atoms with Gasteiger partial charge in [0.25, 0.3) is 11.8 Å². The van der Waals surface area contributed by atoms with Crippen LogP contribution in [0.3, 0.4) is 0 Å². The van der Waals surface area contributed by atoms with Crippen LogP contribution >= 0.6 is 0 Å². The lowest BCUT2D eigenvalue weighted by Crippen LogP contribution is -2.52. The highest BCUT2D eigenvalue weighted by atomic mass is 16.7. The number of hydrogen-bond donors (Lipinski definition) is 2. The normalized spacial score (nSPS) is 27.8. The first-order valence-corrected chi connectivity index (χ1v) is 11.3. The molecule has 0 spiro atoms. The number of carbonyl (C=O) groups is 2. The molecule has 2 aliphatic heterocycles. The van der Waals surface area contributed by atoms with Gasteiger partial charge in [0.2, 0.25) is 0 Å². The van der Waals surface area contributed by atoms with E-state index in [1.807, 2.05) is 43.3 Å². The van der Waals surface area contributed by atoms with Crippen LogP contribution in [0.15, 0.2) is 60.7 Å². The smallest absolute Gasteiger partial charge is 0.251 e. The minimum atomic E-state index is -0.495. The molecule has 0 aliphatic carbocycles. The molecule has 176 valence electrons. The van der Waals surface area contributed by atoms with E-state index in [4.69, 9.17) is 18.9 Å². The predicted molar refractivity (Wildman–Crippen MR) is 121 cm³/mol. The molecule has 2 N–H and O–H groups in total. The van der Waals surface area contributed by atoms with Gasteiger partial charge in [-0.2, -0.15) is 0 Å². The van der Waals surface area contributed by atoms with Gasteiger partial charge in [0.1, 0.15) is 0 Å². The van der Waals surface area contributed by atoms with Crippen LogP contribution < -0.4 is 10.6 Å². The van der Waals surface area contributed by atoms with Gasteiger partial charge in [-0.25, -0.2) is 0 Å². The van der Waals surface area contributed by atoms with Gasteiger partial charge >= 0.3 is 0 Å². The molecule has 2 saturated heterocycles. The van der Waals surface area contributed by atoms with Gasteiger partial charge in [0, 0.05) is 17.5 Å². The van der Waals surface area contributed by atoms with Crippen LogP contribution in [0.25, 0.3) is 0 Å². The fourth-order valence-electron chi connectivity index (χ4n) is 3.81. The van der Waals surface area contributed by atoms with Crippen LogP contribution in [0.1, 0.15) is 40.5 Å². The lowest BCUT2D eigenvalue weighted by Gasteiger charge is -2.36. The van der Waals surface area contributed by atoms with Crippen molar-refractivity contribution in [1.29, 1.82) is 0 Å². The van der Waals surface area contributed by atoms with Crippen molar-refractivity contribution in [3.63, 3.8) is 0 Å². The van der Waals surface area contributed by atoms with Crippen LogP contribution in [0.5, 0.6) is 0 Å². The summed E-state index contributed by atoms with van der Waals surface area (Å²) in [5.74, 6) is -0.281. The summed E-state index contributed by atoms with van der Waals surface area (Å²) in [6.07, 6.45) is -0.143. The van der Waals surface area contributed by atoms with Crippen molar-refractivity contribution < 1.29 is 28.5 Å². The number of nitrogens with one attached hydrogen (secondary N) is 2. The Bertz CT molecular complexity index is 910. The van der Waals surface area contributed by atoms with Crippen LogP contribution in [0, 0.1) is 0 Å². The Morgan fingerprint density at radius 1 is 0.818 bits per heavy atom. The summed E-state index contributed by atoms with van der Waals surface area (Å²) in [7, 11) is 0. The summed E-state index contributed by atoms with van der Waals surface area (Å²) in [5.41, 5.74) is 1.21. The molecule has 1 unspecified atom stereocenters. The monoisotopic (exact) mass is 454 g/mol. The van der Waals surface area contributed by atoms with Gasteiger partial charge < -0.3 is 29.6 Å². The number of benzene rings is 2. The van der Waals surface area contributed by atoms with Gasteiger partial charge in [0.15, 0.2) is 12.6 Å². The van der Waals surface area contributed by atoms with Gasteiger partial charge in [0.05, 0.1) is 38.0 Å². The first-order valence-electron chi connectivity index (χ1n) is 11.3. The summed E-state index contributed by atoms with van der Waals surface area (Å²) in [6.45, 7) is 3.06. The topological polar surface area (TPSA) is 95.1 Å². The molecule has 2 amide bonds. The molecular weight excluding hydrogens is 424 g/mol. The minimum absolute atomic E-state index is 0.126. The Morgan fingerprint density at radius 2 is 1.42 bits per heavy atom. The standard InChI is InChI=1S/C25H30N2O6/c1-17-21(27-25(29)19-10-6-3-7-11-19)16-32-23(33-17)14-22-30-13-12-20(15-31-22)26-24(28)18-8-4-2-5-9-18/h2-11,17,20-23H,12-16H2,1H3,(H,26,28)(H,27,29)/t17-,20-,21-,22+,23?/m1/s1. The van der Waals surface area contributed by atoms with Crippen LogP contribution in [-0.4, -0.2) is 62.4 Å². The van der Waals surface area contributed by atoms with E-state index in [1.54, 1.807) is 24.3 Å². The van der Waals surface area contributed by atoms with Crippen molar-refractivity contribution in [2.24, 2.45) is 0 Å². The SMILES string of the molecule is C[C@H]1OC(C[C@H]2OCC[C@@H](NC(=O)c3ccccc3)CO2)OC[C@H]1NC(=O)c1ccccc1. The number of carbonyl (C=O) groups excluding carboxylic acids is 2. The van der Waals surface area contributed by atoms with Crippen molar-refractivity contribution in [2.75, 3.05) is 19.8 Å². The van der Waals surface area contributed by atoms with Gasteiger partial charge in [-0.05, 0) is 37.6 Å². The molecule has 2 fully saturated rings. The van der Waals surface area contributed by atoms with E-state index in [-0.39, 0.29) is 30.0 Å². The lowest BCUT2D eigenvalue weighted by atomic mass is 10.1. The predicted octanol–water partition coefficient (Wildman–Crippen LogP) is 2.50. The molecule has 2 aliphatic rings. The zero-order valence-corrected chi connectivity index (χ0v) is 18.6. The Morgan fingerprint density at radius 3 is 2.06 bits per heavy atom. The second-order valence-electron chi connectivity index (χ2n) is 8.24. The van der Waals surface area contributed by atoms with E-state index in [0.29, 0.717) is 43.8 Å². The average Bonchev–Trinajstić information content (AvgIpc) is 3.06. The molecule has 8 heteroatoms. The average molecular weight is 455 g/mol. The third-order valence-electron chi connectivity index (χ3n) is 5.76. The Kier molecular flexibility index (Phi) is 8.06. The van der Waals surface area contributed by atoms with Gasteiger partial charge in [-0.3, -0.25) is 9.59 Å². The van der Waals surface area contributed by atoms with Crippen molar-refractivity contribution in [1.82, 2.24) is 10.6 Å². The van der Waals surface area contributed by atoms with Gasteiger partial charge in [-0.1, -0.05) is 36.4 Å². The first-order chi connectivity index (χ1) is 16.1. The van der Waals surface area contributed by atoms with Crippen LogP contribution in [0.4, 0.5) is 0 Å². The number of hydrogen-bond acceptors (Lipinski definition) is 6. The third-order valence-corrected chi connectivity index (χ3v) is 5.76. The van der Waals surface area contributed by atoms with Crippen molar-refractivity contribution >= 4 is 11.8 Å². The summed E-state index contributed by atoms with van der Waals surface area (Å²) in [5, 5.41) is 5.96. The second-order valence-corrected chi connectivity index (χ2v) is 8.24. The van der Waals surface area contributed by atoms with E-state index in [1.165, 1.54) is 0 Å². The molecule has 33 heavy (non-hydrogen) atoms. The number of amides is 2. The van der Waals surface area contributed by atoms with E-state index in [9.17, 15) is 9.59 Å². The van der Waals surface area contributed by atoms with E-state index >= 15 is 0 Å². The fourth-order valence-corrected chi connectivity index (χ4v) is 3.81. The summed E-state index contributed by atoms with van der Waals surface area (Å²) < 4.78 is 23.5. The third kappa shape index (κ3) is 6.61. The fraction of sp³-hybridized carbons (Fsp3) is 0.440. The maximum atomic E-state index is 12.4. The van der Waals surface area contributed by atoms with Crippen LogP contribution in [-0.2, 0) is 18.9 Å². The maximum absolute atomic E-state index is 12.4. The lowest BCUT2D eigenvalue weighted by molar-refractivity contribution is -0.251. The molecule has 2 aromatic rings. The van der Waals surface area contributed by atoms with Crippen LogP contribution in [0.2, 0.25) is 0 Å². The molecule has 2 heterocycles. The maximum Gasteiger partial charge on any atom is 0.251 e. The molecule has 0 radical (unpaired) electrons. The van der Waals surface area contributed by atoms with E-state index < -0.39 is 12.6 Å². The first kappa shape index (κ1) is 23.4. The molecular formula is C25H30N2O6. The number of ether oxygens (including phenoxy) is 4. The molecule has 5 atom stereocenters. The van der Waals surface area contributed by atoms with E-state index in [0.717, 1.165) is 0 Å². The van der Waals surface area contributed by atoms with Crippen molar-refractivity contribution in [3.8, 4) is 0 Å². The van der Waals surface area contributed by atoms with Crippen molar-refractivity contribution in [2.45, 2.75) is 50.5 Å². The molecule has 0 aromatic heterocycles. The molecule has 0 saturated carbocycles. The molecule has 2 aromatic carbocycles. The highest BCUT2D eigenvalue weighted by molar-refractivity contribution is 5.94. The quantitative estimate of drug-likeness (QED) is 0.697. The van der Waals surface area contributed by atoms with E-state index in [2.05, 4.69) is 10.6 Å². The van der Waals surface area contributed by atoms with Crippen molar-refractivity contribution in [3.05, 3.63) is 71.8 Å². The Labute approximate surface area is 193 Å². The highest BCUT2D eigenvalue weighted by Crippen LogP contribution is 2.20. The number of rotatable bonds is 6. The Hall–Kier alpha value is -2.78. The Balaban J connectivity index is 1.21. The largest absolute Gasteiger partial charge is 0.352 e. The summed E-state index contributed by atoms with van der Waals surface area (Å²) >= 11 is 0. The molecule has 0 bridgehead atoms. The zero-order chi connectivity index (χ0) is 23.0. The minimum Gasteiger partial charge on any atom is -0.352 e. The summed E-state index contributed by atoms with van der Waals surface area (Å²) in [6, 6.07) is 17.8. The highest BCUT2D eigenvalue weighted by Gasteiger charge is 2.33. The van der Waals surface area contributed by atoms with Gasteiger partial charge in [-0.15, -0.1) is 0 Å². The summed E-state index contributed by atoms with van der Waals surface area (Å²) in [4.78, 5) is 24.8.